The van der Waals surface area contributed by atoms with Crippen LogP contribution in [0, 0.1) is 0 Å². The number of aliphatic carboxylic acids is 2. The Morgan fingerprint density at radius 1 is 0.676 bits per heavy atom. The number of hydrogen-bond acceptors (Lipinski definition) is 6. The van der Waals surface area contributed by atoms with Gasteiger partial charge in [-0.25, -0.2) is 14.5 Å². The third-order valence-corrected chi connectivity index (χ3v) is 6.29. The highest BCUT2D eigenvalue weighted by Crippen LogP contribution is 2.39. The van der Waals surface area contributed by atoms with Crippen molar-refractivity contribution in [2.75, 3.05) is 0 Å². The molecule has 10 nitrogen and oxygen atoms in total. The molecule has 176 valence electrons. The first kappa shape index (κ1) is 23.1. The van der Waals surface area contributed by atoms with E-state index in [9.17, 15) is 39.0 Å². The molecule has 2 aromatic rings. The molecule has 0 unspecified atom stereocenters. The predicted octanol–water partition coefficient (Wildman–Crippen LogP) is 2.54. The minimum atomic E-state index is -2.42. The van der Waals surface area contributed by atoms with Gasteiger partial charge in [0.15, 0.2) is 0 Å². The Labute approximate surface area is 193 Å². The van der Waals surface area contributed by atoms with Gasteiger partial charge >= 0.3 is 11.9 Å². The fourth-order valence-corrected chi connectivity index (χ4v) is 4.87. The minimum Gasteiger partial charge on any atom is -0.479 e. The second kappa shape index (κ2) is 8.36. The Morgan fingerprint density at radius 3 is 1.29 bits per heavy atom. The minimum absolute atomic E-state index is 0.0552. The fourth-order valence-electron chi connectivity index (χ4n) is 4.87. The van der Waals surface area contributed by atoms with E-state index < -0.39 is 41.6 Å². The van der Waals surface area contributed by atoms with Gasteiger partial charge in [0.05, 0.1) is 0 Å². The first-order valence-electron chi connectivity index (χ1n) is 11.0. The molecule has 2 aliphatic heterocycles. The zero-order chi connectivity index (χ0) is 24.9. The molecule has 0 saturated carbocycles. The maximum absolute atomic E-state index is 13.4. The summed E-state index contributed by atoms with van der Waals surface area (Å²) in [6.45, 7) is 3.93. The molecule has 0 radical (unpaired) electrons. The number of imide groups is 2. The Morgan fingerprint density at radius 2 is 1.00 bits per heavy atom. The van der Waals surface area contributed by atoms with Crippen molar-refractivity contribution in [1.82, 2.24) is 9.80 Å². The van der Waals surface area contributed by atoms with Crippen molar-refractivity contribution in [2.24, 2.45) is 0 Å². The summed E-state index contributed by atoms with van der Waals surface area (Å²) in [6.07, 6.45) is 2.82. The molecule has 2 heterocycles. The van der Waals surface area contributed by atoms with E-state index in [1.54, 1.807) is 0 Å². The fraction of sp³-hybridized carbons (Fsp3) is 0.333. The topological polar surface area (TPSA) is 149 Å². The van der Waals surface area contributed by atoms with Crippen molar-refractivity contribution >= 4 is 46.3 Å². The zero-order valence-electron chi connectivity index (χ0n) is 18.5. The molecule has 10 heteroatoms. The van der Waals surface area contributed by atoms with Crippen LogP contribution in [0.1, 0.15) is 81.0 Å². The lowest BCUT2D eigenvalue weighted by Crippen LogP contribution is -2.54. The SMILES string of the molecule is CCCC(CCC)N1C(=O)c2ccc3c4c(ccc(c24)C1=O)C(=O)N(C(C(=O)O)C(=O)O)C3=O. The Balaban J connectivity index is 1.92. The number of hydrogen-bond donors (Lipinski definition) is 2. The van der Waals surface area contributed by atoms with Crippen LogP contribution in [0.4, 0.5) is 0 Å². The van der Waals surface area contributed by atoms with Crippen molar-refractivity contribution < 1.29 is 39.0 Å². The highest BCUT2D eigenvalue weighted by molar-refractivity contribution is 6.34. The molecule has 4 amide bonds. The van der Waals surface area contributed by atoms with Gasteiger partial charge in [0, 0.05) is 39.1 Å². The van der Waals surface area contributed by atoms with Gasteiger partial charge < -0.3 is 10.2 Å². The number of carbonyl (C=O) groups is 6. The Bertz CT molecular complexity index is 1210. The molecule has 0 aromatic heterocycles. The smallest absolute Gasteiger partial charge is 0.338 e. The molecular weight excluding hydrogens is 444 g/mol. The molecule has 34 heavy (non-hydrogen) atoms. The second-order valence-electron chi connectivity index (χ2n) is 8.34. The molecule has 0 fully saturated rings. The first-order valence-corrected chi connectivity index (χ1v) is 11.0. The predicted molar refractivity (Wildman–Crippen MR) is 118 cm³/mol. The molecule has 0 atom stereocenters. The maximum atomic E-state index is 13.4. The third kappa shape index (κ3) is 3.17. The number of amides is 4. The third-order valence-electron chi connectivity index (χ3n) is 6.29. The van der Waals surface area contributed by atoms with Crippen LogP contribution in [0.2, 0.25) is 0 Å². The molecule has 4 rings (SSSR count). The normalized spacial score (nSPS) is 15.2. The van der Waals surface area contributed by atoms with Gasteiger partial charge in [0.25, 0.3) is 23.6 Å². The van der Waals surface area contributed by atoms with E-state index in [0.29, 0.717) is 12.8 Å². The van der Waals surface area contributed by atoms with E-state index in [2.05, 4.69) is 0 Å². The molecule has 2 aromatic carbocycles. The van der Waals surface area contributed by atoms with Crippen molar-refractivity contribution in [3.8, 4) is 0 Å². The lowest BCUT2D eigenvalue weighted by Gasteiger charge is -2.36. The summed E-state index contributed by atoms with van der Waals surface area (Å²) in [4.78, 5) is 77.5. The number of carboxylic acids is 2. The van der Waals surface area contributed by atoms with Crippen LogP contribution in [0.3, 0.4) is 0 Å². The lowest BCUT2D eigenvalue weighted by atomic mass is 9.84. The Hall–Kier alpha value is -4.08. The van der Waals surface area contributed by atoms with Gasteiger partial charge in [0.1, 0.15) is 0 Å². The monoisotopic (exact) mass is 466 g/mol. The number of carbonyl (C=O) groups excluding carboxylic acids is 4. The molecule has 0 saturated heterocycles. The summed E-state index contributed by atoms with van der Waals surface area (Å²) >= 11 is 0. The molecule has 0 aliphatic carbocycles. The van der Waals surface area contributed by atoms with E-state index in [0.717, 1.165) is 12.8 Å². The average molecular weight is 466 g/mol. The van der Waals surface area contributed by atoms with Gasteiger partial charge in [0.2, 0.25) is 6.04 Å². The first-order chi connectivity index (χ1) is 16.1. The number of rotatable bonds is 8. The number of benzene rings is 2. The molecule has 2 N–H and O–H groups in total. The summed E-state index contributed by atoms with van der Waals surface area (Å²) < 4.78 is 0. The summed E-state index contributed by atoms with van der Waals surface area (Å²) in [5, 5.41) is 18.9. The summed E-state index contributed by atoms with van der Waals surface area (Å²) in [7, 11) is 0. The van der Waals surface area contributed by atoms with E-state index in [4.69, 9.17) is 0 Å². The van der Waals surface area contributed by atoms with Crippen LogP contribution in [0.25, 0.3) is 10.8 Å². The average Bonchev–Trinajstić information content (AvgIpc) is 2.78. The van der Waals surface area contributed by atoms with Crippen molar-refractivity contribution in [2.45, 2.75) is 51.6 Å². The summed E-state index contributed by atoms with van der Waals surface area (Å²) in [5.41, 5.74) is 0.0368. The van der Waals surface area contributed by atoms with Crippen LogP contribution in [-0.4, -0.2) is 67.7 Å². The van der Waals surface area contributed by atoms with Gasteiger partial charge in [-0.15, -0.1) is 0 Å². The van der Waals surface area contributed by atoms with Gasteiger partial charge in [-0.2, -0.15) is 0 Å². The van der Waals surface area contributed by atoms with Gasteiger partial charge in [-0.05, 0) is 37.1 Å². The highest BCUT2D eigenvalue weighted by atomic mass is 16.4. The van der Waals surface area contributed by atoms with Crippen molar-refractivity contribution in [3.05, 3.63) is 46.5 Å². The Kier molecular flexibility index (Phi) is 5.68. The standard InChI is InChI=1S/C24H22N2O8/c1-3-5-11(6-4-2)25-19(27)12-7-9-14-17-15(10-8-13(16(12)17)20(25)28)22(30)26(21(14)29)18(23(31)32)24(33)34/h7-11,18H,3-6H2,1-2H3,(H,31,32)(H,33,34). The number of nitrogens with zero attached hydrogens (tertiary/aromatic N) is 2. The van der Waals surface area contributed by atoms with E-state index in [-0.39, 0.29) is 44.0 Å². The van der Waals surface area contributed by atoms with Crippen LogP contribution in [0.15, 0.2) is 24.3 Å². The van der Waals surface area contributed by atoms with Crippen LogP contribution < -0.4 is 0 Å². The molecule has 0 spiro atoms. The largest absolute Gasteiger partial charge is 0.479 e. The highest BCUT2D eigenvalue weighted by Gasteiger charge is 2.46. The zero-order valence-corrected chi connectivity index (χ0v) is 18.5. The van der Waals surface area contributed by atoms with E-state index >= 15 is 0 Å². The lowest BCUT2D eigenvalue weighted by molar-refractivity contribution is -0.154. The molecule has 0 bridgehead atoms. The molecular formula is C24H22N2O8. The van der Waals surface area contributed by atoms with Crippen LogP contribution in [-0.2, 0) is 9.59 Å². The van der Waals surface area contributed by atoms with Gasteiger partial charge in [-0.1, -0.05) is 26.7 Å². The molecule has 2 aliphatic rings. The van der Waals surface area contributed by atoms with Gasteiger partial charge in [-0.3, -0.25) is 24.1 Å². The van der Waals surface area contributed by atoms with Crippen LogP contribution in [0.5, 0.6) is 0 Å². The van der Waals surface area contributed by atoms with Crippen molar-refractivity contribution in [3.63, 3.8) is 0 Å². The number of carboxylic acid groups (broad SMARTS) is 2. The summed E-state index contributed by atoms with van der Waals surface area (Å²) in [6, 6.07) is 2.56. The van der Waals surface area contributed by atoms with E-state index in [1.807, 2.05) is 13.8 Å². The second-order valence-corrected chi connectivity index (χ2v) is 8.34. The quantitative estimate of drug-likeness (QED) is 0.445. The van der Waals surface area contributed by atoms with E-state index in [1.165, 1.54) is 29.2 Å². The van der Waals surface area contributed by atoms with Crippen LogP contribution >= 0.6 is 0 Å². The maximum Gasteiger partial charge on any atom is 0.338 e. The summed E-state index contributed by atoms with van der Waals surface area (Å²) in [5.74, 6) is -7.03. The van der Waals surface area contributed by atoms with Crippen molar-refractivity contribution in [1.29, 1.82) is 0 Å².